The quantitative estimate of drug-likeness (QED) is 0.788. The van der Waals surface area contributed by atoms with Crippen molar-refractivity contribution in [2.75, 3.05) is 6.61 Å². The lowest BCUT2D eigenvalue weighted by Gasteiger charge is -2.13. The third kappa shape index (κ3) is 5.68. The normalized spacial score (nSPS) is 12.8. The largest absolute Gasteiger partial charge is 0.481 e. The summed E-state index contributed by atoms with van der Waals surface area (Å²) in [5, 5.41) is 7.59. The number of hydrogen-bond donors (Lipinski definition) is 2. The number of halogens is 1. The van der Waals surface area contributed by atoms with E-state index < -0.39 is 15.8 Å². The van der Waals surface area contributed by atoms with Crippen LogP contribution in [0, 0.1) is 5.82 Å². The standard InChI is InChI=1S/C13H19FN2O4S/c1-3-4-9(2)16-13(17)8-20-12-6-5-10(7-11(12)14)21(15,18)19/h5-7,9H,3-4,8H2,1-2H3,(H,16,17)(H2,15,18,19). The fourth-order valence-corrected chi connectivity index (χ4v) is 2.27. The molecule has 1 atom stereocenters. The predicted molar refractivity (Wildman–Crippen MR) is 75.8 cm³/mol. The van der Waals surface area contributed by atoms with E-state index >= 15 is 0 Å². The van der Waals surface area contributed by atoms with Crippen molar-refractivity contribution in [1.82, 2.24) is 5.32 Å². The van der Waals surface area contributed by atoms with Gasteiger partial charge in [0.2, 0.25) is 10.0 Å². The lowest BCUT2D eigenvalue weighted by atomic mass is 10.2. The Hall–Kier alpha value is -1.67. The molecular weight excluding hydrogens is 299 g/mol. The lowest BCUT2D eigenvalue weighted by molar-refractivity contribution is -0.123. The molecule has 0 aliphatic carbocycles. The molecule has 0 saturated carbocycles. The maximum Gasteiger partial charge on any atom is 0.258 e. The van der Waals surface area contributed by atoms with Crippen LogP contribution in [0.2, 0.25) is 0 Å². The van der Waals surface area contributed by atoms with Crippen LogP contribution in [0.4, 0.5) is 4.39 Å². The van der Waals surface area contributed by atoms with Gasteiger partial charge in [0.15, 0.2) is 18.2 Å². The van der Waals surface area contributed by atoms with Crippen LogP contribution in [-0.2, 0) is 14.8 Å². The first-order valence-electron chi connectivity index (χ1n) is 6.48. The van der Waals surface area contributed by atoms with Crippen molar-refractivity contribution >= 4 is 15.9 Å². The van der Waals surface area contributed by atoms with Gasteiger partial charge in [-0.2, -0.15) is 0 Å². The Labute approximate surface area is 123 Å². The summed E-state index contributed by atoms with van der Waals surface area (Å²) in [5.41, 5.74) is 0. The van der Waals surface area contributed by atoms with Crippen molar-refractivity contribution in [2.45, 2.75) is 37.6 Å². The van der Waals surface area contributed by atoms with Crippen LogP contribution in [0.1, 0.15) is 26.7 Å². The van der Waals surface area contributed by atoms with Gasteiger partial charge in [0.1, 0.15) is 0 Å². The maximum atomic E-state index is 13.6. The summed E-state index contributed by atoms with van der Waals surface area (Å²) in [6, 6.07) is 3.01. The number of primary sulfonamides is 1. The first-order valence-corrected chi connectivity index (χ1v) is 8.03. The van der Waals surface area contributed by atoms with Crippen molar-refractivity contribution in [2.24, 2.45) is 5.14 Å². The molecular formula is C13H19FN2O4S. The fraction of sp³-hybridized carbons (Fsp3) is 0.462. The molecule has 6 nitrogen and oxygen atoms in total. The lowest BCUT2D eigenvalue weighted by Crippen LogP contribution is -2.36. The van der Waals surface area contributed by atoms with E-state index in [2.05, 4.69) is 5.32 Å². The van der Waals surface area contributed by atoms with Crippen LogP contribution in [0.25, 0.3) is 0 Å². The van der Waals surface area contributed by atoms with Crippen molar-refractivity contribution in [3.63, 3.8) is 0 Å². The highest BCUT2D eigenvalue weighted by Gasteiger charge is 2.13. The summed E-state index contributed by atoms with van der Waals surface area (Å²) in [6.07, 6.45) is 1.77. The number of sulfonamides is 1. The third-order valence-corrected chi connectivity index (χ3v) is 3.63. The summed E-state index contributed by atoms with van der Waals surface area (Å²) >= 11 is 0. The molecule has 118 valence electrons. The molecule has 0 saturated heterocycles. The molecule has 0 bridgehead atoms. The minimum atomic E-state index is -3.97. The Morgan fingerprint density at radius 3 is 2.67 bits per heavy atom. The molecule has 0 aliphatic heterocycles. The molecule has 0 heterocycles. The summed E-state index contributed by atoms with van der Waals surface area (Å²) in [6.45, 7) is 3.52. The van der Waals surface area contributed by atoms with E-state index in [4.69, 9.17) is 9.88 Å². The molecule has 3 N–H and O–H groups in total. The molecule has 0 aliphatic rings. The highest BCUT2D eigenvalue weighted by atomic mass is 32.2. The number of hydrogen-bond acceptors (Lipinski definition) is 4. The summed E-state index contributed by atoms with van der Waals surface area (Å²) < 4.78 is 40.8. The van der Waals surface area contributed by atoms with Crippen LogP contribution < -0.4 is 15.2 Å². The number of nitrogens with two attached hydrogens (primary N) is 1. The molecule has 1 unspecified atom stereocenters. The SMILES string of the molecule is CCCC(C)NC(=O)COc1ccc(S(N)(=O)=O)cc1F. The molecule has 8 heteroatoms. The minimum Gasteiger partial charge on any atom is -0.481 e. The Bertz CT molecular complexity index is 604. The van der Waals surface area contributed by atoms with E-state index in [1.54, 1.807) is 0 Å². The molecule has 0 fully saturated rings. The van der Waals surface area contributed by atoms with Crippen LogP contribution >= 0.6 is 0 Å². The highest BCUT2D eigenvalue weighted by molar-refractivity contribution is 7.89. The second-order valence-electron chi connectivity index (χ2n) is 4.68. The Kier molecular flexibility index (Phi) is 6.10. The number of benzene rings is 1. The predicted octanol–water partition coefficient (Wildman–Crippen LogP) is 1.16. The molecule has 1 amide bonds. The van der Waals surface area contributed by atoms with Gasteiger partial charge in [-0.25, -0.2) is 17.9 Å². The van der Waals surface area contributed by atoms with Crippen LogP contribution in [0.3, 0.4) is 0 Å². The van der Waals surface area contributed by atoms with Gasteiger partial charge in [-0.3, -0.25) is 4.79 Å². The van der Waals surface area contributed by atoms with E-state index in [1.807, 2.05) is 13.8 Å². The molecule has 0 radical (unpaired) electrons. The second-order valence-corrected chi connectivity index (χ2v) is 6.24. The maximum absolute atomic E-state index is 13.6. The average Bonchev–Trinajstić information content (AvgIpc) is 2.36. The third-order valence-electron chi connectivity index (χ3n) is 2.72. The average molecular weight is 318 g/mol. The van der Waals surface area contributed by atoms with E-state index in [-0.39, 0.29) is 29.2 Å². The van der Waals surface area contributed by atoms with Crippen molar-refractivity contribution in [3.8, 4) is 5.75 Å². The zero-order valence-electron chi connectivity index (χ0n) is 11.9. The topological polar surface area (TPSA) is 98.5 Å². The van der Waals surface area contributed by atoms with Crippen LogP contribution in [0.15, 0.2) is 23.1 Å². The summed E-state index contributed by atoms with van der Waals surface area (Å²) in [7, 11) is -3.97. The van der Waals surface area contributed by atoms with Gasteiger partial charge in [-0.15, -0.1) is 0 Å². The van der Waals surface area contributed by atoms with Crippen LogP contribution in [0.5, 0.6) is 5.75 Å². The van der Waals surface area contributed by atoms with E-state index in [0.717, 1.165) is 31.0 Å². The van der Waals surface area contributed by atoms with Gasteiger partial charge in [0.05, 0.1) is 4.90 Å². The van der Waals surface area contributed by atoms with E-state index in [9.17, 15) is 17.6 Å². The Morgan fingerprint density at radius 1 is 1.48 bits per heavy atom. The number of carbonyl (C=O) groups excluding carboxylic acids is 1. The van der Waals surface area contributed by atoms with Gasteiger partial charge in [0, 0.05) is 6.04 Å². The van der Waals surface area contributed by atoms with Crippen molar-refractivity contribution in [1.29, 1.82) is 0 Å². The summed E-state index contributed by atoms with van der Waals surface area (Å²) in [5.74, 6) is -1.47. The number of ether oxygens (including phenoxy) is 1. The molecule has 1 rings (SSSR count). The van der Waals surface area contributed by atoms with Crippen molar-refractivity contribution in [3.05, 3.63) is 24.0 Å². The number of amides is 1. The smallest absolute Gasteiger partial charge is 0.258 e. The van der Waals surface area contributed by atoms with Gasteiger partial charge in [-0.05, 0) is 31.5 Å². The zero-order valence-corrected chi connectivity index (χ0v) is 12.7. The molecule has 21 heavy (non-hydrogen) atoms. The first-order chi connectivity index (χ1) is 9.74. The van der Waals surface area contributed by atoms with Crippen molar-refractivity contribution < 1.29 is 22.3 Å². The summed E-state index contributed by atoms with van der Waals surface area (Å²) in [4.78, 5) is 11.2. The molecule has 1 aromatic carbocycles. The first kappa shape index (κ1) is 17.4. The van der Waals surface area contributed by atoms with E-state index in [0.29, 0.717) is 0 Å². The monoisotopic (exact) mass is 318 g/mol. The number of carbonyl (C=O) groups is 1. The minimum absolute atomic E-state index is 0.0145. The molecule has 0 aromatic heterocycles. The Morgan fingerprint density at radius 2 is 2.14 bits per heavy atom. The van der Waals surface area contributed by atoms with E-state index in [1.165, 1.54) is 0 Å². The van der Waals surface area contributed by atoms with Crippen LogP contribution in [-0.4, -0.2) is 27.0 Å². The molecule has 1 aromatic rings. The Balaban J connectivity index is 2.62. The van der Waals surface area contributed by atoms with Gasteiger partial charge < -0.3 is 10.1 Å². The van der Waals surface area contributed by atoms with Gasteiger partial charge >= 0.3 is 0 Å². The number of nitrogens with one attached hydrogen (secondary N) is 1. The fourth-order valence-electron chi connectivity index (χ4n) is 1.74. The zero-order chi connectivity index (χ0) is 16.0. The second kappa shape index (κ2) is 7.37. The van der Waals surface area contributed by atoms with Gasteiger partial charge in [0.25, 0.3) is 5.91 Å². The number of rotatable bonds is 7. The van der Waals surface area contributed by atoms with Gasteiger partial charge in [-0.1, -0.05) is 13.3 Å². The highest BCUT2D eigenvalue weighted by Crippen LogP contribution is 2.20. The molecule has 0 spiro atoms.